The van der Waals surface area contributed by atoms with Crippen LogP contribution in [-0.4, -0.2) is 66.8 Å². The van der Waals surface area contributed by atoms with Crippen molar-refractivity contribution in [1.29, 1.82) is 0 Å². The van der Waals surface area contributed by atoms with Crippen molar-refractivity contribution < 1.29 is 46.2 Å². The largest absolute Gasteiger partial charge is 0.490 e. The van der Waals surface area contributed by atoms with E-state index in [1.165, 1.54) is 25.7 Å². The summed E-state index contributed by atoms with van der Waals surface area (Å²) in [7, 11) is -4.20. The van der Waals surface area contributed by atoms with Crippen LogP contribution in [0.5, 0.6) is 0 Å². The van der Waals surface area contributed by atoms with E-state index in [4.69, 9.17) is 15.6 Å². The molecule has 0 aromatic heterocycles. The smallest absolute Gasteiger partial charge is 0.480 e. The number of carboxylic acid groups (broad SMARTS) is 2. The Hall–Kier alpha value is -1.97. The van der Waals surface area contributed by atoms with Crippen LogP contribution in [0.2, 0.25) is 0 Å². The van der Waals surface area contributed by atoms with E-state index in [0.29, 0.717) is 49.5 Å². The maximum Gasteiger partial charge on any atom is 0.490 e. The van der Waals surface area contributed by atoms with Crippen molar-refractivity contribution in [2.24, 2.45) is 29.4 Å². The third-order valence-electron chi connectivity index (χ3n) is 9.12. The van der Waals surface area contributed by atoms with Crippen LogP contribution in [0.4, 0.5) is 13.2 Å². The summed E-state index contributed by atoms with van der Waals surface area (Å²) in [5, 5.41) is 20.0. The highest BCUT2D eigenvalue weighted by Gasteiger charge is 2.52. The molecule has 0 aromatic rings. The topological polar surface area (TPSA) is 188 Å². The summed E-state index contributed by atoms with van der Waals surface area (Å²) in [5.41, 5.74) is 5.28. The van der Waals surface area contributed by atoms with Gasteiger partial charge in [-0.05, 0) is 88.0 Å². The van der Waals surface area contributed by atoms with Gasteiger partial charge in [-0.3, -0.25) is 9.59 Å². The lowest BCUT2D eigenvalue weighted by Gasteiger charge is -2.57. The van der Waals surface area contributed by atoms with Crippen LogP contribution < -0.4 is 20.5 Å². The maximum absolute atomic E-state index is 13.6. The predicted molar refractivity (Wildman–Crippen MR) is 147 cm³/mol. The number of unbranched alkanes of at least 4 members (excludes halogenated alkanes) is 1. The molecule has 2 atom stereocenters. The standard InChI is InChI=1S/C25H44N4O5S.C2HF3O2/c26-9-5-4-8-21(24(31)32)28-35(33,34)29-22(13-17-6-2-1-3-7-17)23(30)27-25-14-18-10-19(15-25)12-20(11-18)16-25;3-2(4,5)1(6)7/h17-22,28-29H,1-16,26H2,(H,27,30)(H,31,32);(H,6,7)/t18?,19?,20?,21-,22-,25?;/m0./s1. The Morgan fingerprint density at radius 1 is 0.881 bits per heavy atom. The van der Waals surface area contributed by atoms with Crippen LogP contribution in [0.3, 0.4) is 0 Å². The lowest BCUT2D eigenvalue weighted by molar-refractivity contribution is -0.192. The van der Waals surface area contributed by atoms with E-state index in [1.807, 2.05) is 0 Å². The van der Waals surface area contributed by atoms with Crippen LogP contribution in [0.1, 0.15) is 96.3 Å². The normalized spacial score (nSPS) is 28.8. The highest BCUT2D eigenvalue weighted by Crippen LogP contribution is 2.55. The third-order valence-corrected chi connectivity index (χ3v) is 10.3. The van der Waals surface area contributed by atoms with Crippen molar-refractivity contribution >= 4 is 28.1 Å². The van der Waals surface area contributed by atoms with E-state index < -0.39 is 40.4 Å². The molecule has 4 bridgehead atoms. The molecule has 5 saturated carbocycles. The second-order valence-electron chi connectivity index (χ2n) is 12.7. The summed E-state index contributed by atoms with van der Waals surface area (Å²) >= 11 is 0. The molecule has 242 valence electrons. The maximum atomic E-state index is 13.6. The van der Waals surface area contributed by atoms with E-state index in [1.54, 1.807) is 0 Å². The van der Waals surface area contributed by atoms with Gasteiger partial charge < -0.3 is 21.3 Å². The number of nitrogens with one attached hydrogen (secondary N) is 3. The number of rotatable bonds is 13. The van der Waals surface area contributed by atoms with E-state index in [9.17, 15) is 36.3 Å². The molecule has 5 aliphatic rings. The molecule has 5 rings (SSSR count). The summed E-state index contributed by atoms with van der Waals surface area (Å²) in [6.07, 6.45) is 8.78. The molecule has 5 aliphatic carbocycles. The van der Waals surface area contributed by atoms with Gasteiger partial charge in [-0.1, -0.05) is 38.5 Å². The molecule has 0 spiro atoms. The van der Waals surface area contributed by atoms with Crippen molar-refractivity contribution in [3.63, 3.8) is 0 Å². The summed E-state index contributed by atoms with van der Waals surface area (Å²) in [6, 6.07) is -2.15. The molecule has 1 amide bonds. The number of carboxylic acids is 2. The summed E-state index contributed by atoms with van der Waals surface area (Å²) < 4.78 is 62.6. The van der Waals surface area contributed by atoms with Gasteiger partial charge in [0.05, 0.1) is 0 Å². The van der Waals surface area contributed by atoms with E-state index in [0.717, 1.165) is 44.9 Å². The first-order valence-corrected chi connectivity index (χ1v) is 16.4. The molecule has 42 heavy (non-hydrogen) atoms. The number of carbonyl (C=O) groups is 3. The van der Waals surface area contributed by atoms with Crippen molar-refractivity contribution in [2.75, 3.05) is 6.54 Å². The lowest BCUT2D eigenvalue weighted by Crippen LogP contribution is -2.63. The molecule has 0 aromatic carbocycles. The number of amides is 1. The van der Waals surface area contributed by atoms with Gasteiger partial charge in [0.15, 0.2) is 0 Å². The van der Waals surface area contributed by atoms with Gasteiger partial charge in [0, 0.05) is 5.54 Å². The first kappa shape index (κ1) is 34.5. The van der Waals surface area contributed by atoms with Gasteiger partial charge in [-0.2, -0.15) is 31.0 Å². The summed E-state index contributed by atoms with van der Waals surface area (Å²) in [6.45, 7) is 0.422. The first-order valence-electron chi connectivity index (χ1n) is 15.0. The average molecular weight is 627 g/mol. The zero-order valence-corrected chi connectivity index (χ0v) is 24.6. The highest BCUT2D eigenvalue weighted by molar-refractivity contribution is 7.87. The van der Waals surface area contributed by atoms with Gasteiger partial charge >= 0.3 is 18.1 Å². The molecular weight excluding hydrogens is 581 g/mol. The highest BCUT2D eigenvalue weighted by atomic mass is 32.2. The molecule has 11 nitrogen and oxygen atoms in total. The zero-order valence-electron chi connectivity index (χ0n) is 23.8. The van der Waals surface area contributed by atoms with Crippen LogP contribution in [-0.2, 0) is 24.6 Å². The second-order valence-corrected chi connectivity index (χ2v) is 14.2. The van der Waals surface area contributed by atoms with Crippen LogP contribution in [0.25, 0.3) is 0 Å². The average Bonchev–Trinajstić information content (AvgIpc) is 2.87. The number of alkyl halides is 3. The van der Waals surface area contributed by atoms with E-state index >= 15 is 0 Å². The summed E-state index contributed by atoms with van der Waals surface area (Å²) in [5.74, 6) is -1.94. The fourth-order valence-electron chi connectivity index (χ4n) is 7.71. The van der Waals surface area contributed by atoms with Gasteiger partial charge in [0.2, 0.25) is 5.91 Å². The summed E-state index contributed by atoms with van der Waals surface area (Å²) in [4.78, 5) is 34.2. The third kappa shape index (κ3) is 10.3. The first-order chi connectivity index (χ1) is 19.6. The molecule has 0 aliphatic heterocycles. The van der Waals surface area contributed by atoms with Crippen molar-refractivity contribution in [3.8, 4) is 0 Å². The van der Waals surface area contributed by atoms with Crippen molar-refractivity contribution in [1.82, 2.24) is 14.8 Å². The lowest BCUT2D eigenvalue weighted by atomic mass is 9.53. The van der Waals surface area contributed by atoms with Gasteiger partial charge in [0.25, 0.3) is 10.2 Å². The van der Waals surface area contributed by atoms with Gasteiger partial charge in [-0.25, -0.2) is 4.79 Å². The number of nitrogens with two attached hydrogens (primary N) is 1. The Balaban J connectivity index is 0.000000616. The second kappa shape index (κ2) is 14.7. The molecule has 0 radical (unpaired) electrons. The minimum Gasteiger partial charge on any atom is -0.480 e. The minimum absolute atomic E-state index is 0.153. The molecule has 0 saturated heterocycles. The molecule has 5 fully saturated rings. The van der Waals surface area contributed by atoms with E-state index in [-0.39, 0.29) is 17.9 Å². The predicted octanol–water partition coefficient (Wildman–Crippen LogP) is 3.05. The Morgan fingerprint density at radius 3 is 1.83 bits per heavy atom. The Labute approximate surface area is 245 Å². The molecule has 7 N–H and O–H groups in total. The fraction of sp³-hybridized carbons (Fsp3) is 0.889. The quantitative estimate of drug-likeness (QED) is 0.168. The van der Waals surface area contributed by atoms with E-state index in [2.05, 4.69) is 14.8 Å². The SMILES string of the molecule is NCCCC[C@H](NS(=O)(=O)N[C@@H](CC1CCCCC1)C(=O)NC12CC3CC(CC(C3)C1)C2)C(=O)O.O=C(O)C(F)(F)F. The van der Waals surface area contributed by atoms with Crippen molar-refractivity contribution in [2.45, 2.75) is 120 Å². The Kier molecular flexibility index (Phi) is 12.1. The number of halogens is 3. The van der Waals surface area contributed by atoms with Crippen LogP contribution in [0.15, 0.2) is 0 Å². The monoisotopic (exact) mass is 626 g/mol. The zero-order chi connectivity index (χ0) is 31.1. The minimum atomic E-state index is -5.08. The molecule has 0 unspecified atom stereocenters. The molecule has 15 heteroatoms. The molecular formula is C27H45F3N4O7S. The van der Waals surface area contributed by atoms with Gasteiger partial charge in [0.1, 0.15) is 12.1 Å². The fourth-order valence-corrected chi connectivity index (χ4v) is 8.95. The van der Waals surface area contributed by atoms with Crippen LogP contribution in [0, 0.1) is 23.7 Å². The number of hydrogen-bond donors (Lipinski definition) is 6. The molecule has 0 heterocycles. The number of carbonyl (C=O) groups excluding carboxylic acids is 1. The van der Waals surface area contributed by atoms with Crippen LogP contribution >= 0.6 is 0 Å². The Morgan fingerprint density at radius 2 is 1.38 bits per heavy atom. The number of aliphatic carboxylic acids is 2. The number of hydrogen-bond acceptors (Lipinski definition) is 6. The Bertz CT molecular complexity index is 1020. The van der Waals surface area contributed by atoms with Crippen molar-refractivity contribution in [3.05, 3.63) is 0 Å². The van der Waals surface area contributed by atoms with Gasteiger partial charge in [-0.15, -0.1) is 0 Å².